The lowest BCUT2D eigenvalue weighted by atomic mass is 9.89. The van der Waals surface area contributed by atoms with Crippen molar-refractivity contribution in [2.45, 2.75) is 329 Å². The van der Waals surface area contributed by atoms with Crippen LogP contribution in [0.5, 0.6) is 0 Å². The van der Waals surface area contributed by atoms with Crippen LogP contribution >= 0.6 is 0 Å². The van der Waals surface area contributed by atoms with Crippen molar-refractivity contribution in [1.29, 1.82) is 0 Å². The molecule has 0 spiro atoms. The Balaban J connectivity index is 5.04. The van der Waals surface area contributed by atoms with E-state index in [-0.39, 0.29) is 12.1 Å². The number of rotatable bonds is 52. The summed E-state index contributed by atoms with van der Waals surface area (Å²) in [6.07, 6.45) is 50.8. The molecular formula is C59H116N2O4. The predicted molar refractivity (Wildman–Crippen MR) is 284 cm³/mol. The highest BCUT2D eigenvalue weighted by Gasteiger charge is 2.23. The van der Waals surface area contributed by atoms with Gasteiger partial charge in [-0.25, -0.2) is 0 Å². The number of ether oxygens (including phenoxy) is 1. The van der Waals surface area contributed by atoms with E-state index < -0.39 is 0 Å². The Hall–Kier alpha value is -1.43. The topological polar surface area (TPSA) is 66.9 Å². The fourth-order valence-corrected chi connectivity index (χ4v) is 9.91. The summed E-state index contributed by atoms with van der Waals surface area (Å²) in [5, 5.41) is 0. The van der Waals surface area contributed by atoms with Crippen LogP contribution in [0.3, 0.4) is 0 Å². The molecule has 0 aliphatic carbocycles. The van der Waals surface area contributed by atoms with E-state index in [1.807, 2.05) is 0 Å². The van der Waals surface area contributed by atoms with Crippen LogP contribution in [0.2, 0.25) is 0 Å². The first-order valence-electron chi connectivity index (χ1n) is 29.4. The average molecular weight is 918 g/mol. The second-order valence-electron chi connectivity index (χ2n) is 21.0. The molecule has 1 amide bonds. The maximum Gasteiger partial charge on any atom is 0.306 e. The molecule has 0 aromatic heterocycles. The van der Waals surface area contributed by atoms with Gasteiger partial charge in [0, 0.05) is 38.3 Å². The van der Waals surface area contributed by atoms with E-state index in [0.717, 1.165) is 90.1 Å². The molecule has 0 N–H and O–H groups in total. The standard InChI is InChI=1S/C59H116N2O4/c1-8-13-18-27-39-49-58(63)61(52-41-51-60(6)7)55(44-34-28-23-25-30-36-46-56(62)53-54(42-32-19-14-9-2)43-33-20-15-10-3)45-35-29-24-26-31-40-50-59(64)65-57(47-37-21-16-11-4)48-38-22-17-12-5/h54-55,57H,8-53H2,1-7H3. The Morgan fingerprint density at radius 1 is 0.385 bits per heavy atom. The third-order valence-corrected chi connectivity index (χ3v) is 14.2. The Labute approximate surface area is 407 Å². The van der Waals surface area contributed by atoms with Crippen LogP contribution in [-0.4, -0.2) is 66.8 Å². The van der Waals surface area contributed by atoms with Gasteiger partial charge in [-0.2, -0.15) is 0 Å². The number of unbranched alkanes of at least 4 members (excludes halogenated alkanes) is 26. The molecule has 0 rings (SSSR count). The zero-order valence-electron chi connectivity index (χ0n) is 45.3. The lowest BCUT2D eigenvalue weighted by Crippen LogP contribution is -2.41. The molecule has 0 bridgehead atoms. The molecule has 0 saturated carbocycles. The zero-order valence-corrected chi connectivity index (χ0v) is 45.3. The molecule has 6 nitrogen and oxygen atoms in total. The fourth-order valence-electron chi connectivity index (χ4n) is 9.91. The van der Waals surface area contributed by atoms with Crippen LogP contribution < -0.4 is 0 Å². The predicted octanol–water partition coefficient (Wildman–Crippen LogP) is 18.1. The number of hydrogen-bond donors (Lipinski definition) is 0. The molecule has 0 fully saturated rings. The highest BCUT2D eigenvalue weighted by Crippen LogP contribution is 2.25. The lowest BCUT2D eigenvalue weighted by molar-refractivity contribution is -0.150. The summed E-state index contributed by atoms with van der Waals surface area (Å²) >= 11 is 0. The van der Waals surface area contributed by atoms with E-state index in [9.17, 15) is 14.4 Å². The quantitative estimate of drug-likeness (QED) is 0.0449. The van der Waals surface area contributed by atoms with Crippen LogP contribution in [0.4, 0.5) is 0 Å². The van der Waals surface area contributed by atoms with Gasteiger partial charge in [0.05, 0.1) is 0 Å². The van der Waals surface area contributed by atoms with E-state index in [2.05, 4.69) is 58.5 Å². The van der Waals surface area contributed by atoms with Crippen molar-refractivity contribution in [3.63, 3.8) is 0 Å². The van der Waals surface area contributed by atoms with Crippen LogP contribution in [-0.2, 0) is 19.1 Å². The summed E-state index contributed by atoms with van der Waals surface area (Å²) in [6, 6.07) is 0.335. The largest absolute Gasteiger partial charge is 0.462 e. The van der Waals surface area contributed by atoms with Gasteiger partial charge in [-0.3, -0.25) is 14.4 Å². The zero-order chi connectivity index (χ0) is 47.9. The highest BCUT2D eigenvalue weighted by molar-refractivity contribution is 5.78. The number of amides is 1. The van der Waals surface area contributed by atoms with Gasteiger partial charge in [0.1, 0.15) is 11.9 Å². The minimum atomic E-state index is 0.0172. The van der Waals surface area contributed by atoms with Gasteiger partial charge in [-0.05, 0) is 90.8 Å². The molecule has 0 aromatic carbocycles. The van der Waals surface area contributed by atoms with Gasteiger partial charge in [0.15, 0.2) is 0 Å². The van der Waals surface area contributed by atoms with Crippen molar-refractivity contribution in [2.24, 2.45) is 5.92 Å². The van der Waals surface area contributed by atoms with E-state index in [0.29, 0.717) is 36.5 Å². The van der Waals surface area contributed by atoms with Crippen LogP contribution in [0.1, 0.15) is 317 Å². The van der Waals surface area contributed by atoms with E-state index in [4.69, 9.17) is 4.74 Å². The van der Waals surface area contributed by atoms with Crippen LogP contribution in [0.15, 0.2) is 0 Å². The molecule has 0 radical (unpaired) electrons. The van der Waals surface area contributed by atoms with Crippen LogP contribution in [0, 0.1) is 5.92 Å². The number of hydrogen-bond acceptors (Lipinski definition) is 5. The number of carbonyl (C=O) groups excluding carboxylic acids is 3. The number of esters is 1. The molecule has 0 saturated heterocycles. The molecule has 0 heterocycles. The van der Waals surface area contributed by atoms with E-state index >= 15 is 0 Å². The second kappa shape index (κ2) is 49.0. The molecule has 0 aromatic rings. The Bertz CT molecular complexity index is 950. The van der Waals surface area contributed by atoms with Crippen LogP contribution in [0.25, 0.3) is 0 Å². The third-order valence-electron chi connectivity index (χ3n) is 14.2. The van der Waals surface area contributed by atoms with Crippen molar-refractivity contribution in [3.05, 3.63) is 0 Å². The minimum Gasteiger partial charge on any atom is -0.462 e. The van der Waals surface area contributed by atoms with Gasteiger partial charge >= 0.3 is 5.97 Å². The normalized spacial score (nSPS) is 12.2. The van der Waals surface area contributed by atoms with Crippen molar-refractivity contribution < 1.29 is 19.1 Å². The number of carbonyl (C=O) groups is 3. The minimum absolute atomic E-state index is 0.0172. The number of nitrogens with zero attached hydrogens (tertiary/aromatic N) is 2. The highest BCUT2D eigenvalue weighted by atomic mass is 16.5. The third kappa shape index (κ3) is 42.4. The molecule has 386 valence electrons. The van der Waals surface area contributed by atoms with Gasteiger partial charge in [-0.15, -0.1) is 0 Å². The first-order valence-corrected chi connectivity index (χ1v) is 29.4. The van der Waals surface area contributed by atoms with Gasteiger partial charge in [0.25, 0.3) is 0 Å². The monoisotopic (exact) mass is 917 g/mol. The maximum atomic E-state index is 13.9. The first-order chi connectivity index (χ1) is 31.7. The fraction of sp³-hybridized carbons (Fsp3) is 0.949. The summed E-state index contributed by atoms with van der Waals surface area (Å²) in [6.45, 7) is 13.2. The maximum absolute atomic E-state index is 13.9. The van der Waals surface area contributed by atoms with Crippen molar-refractivity contribution >= 4 is 17.7 Å². The smallest absolute Gasteiger partial charge is 0.306 e. The van der Waals surface area contributed by atoms with E-state index in [1.54, 1.807) is 0 Å². The molecule has 1 unspecified atom stereocenters. The summed E-state index contributed by atoms with van der Waals surface area (Å²) in [7, 11) is 4.28. The lowest BCUT2D eigenvalue weighted by Gasteiger charge is -2.33. The Morgan fingerprint density at radius 2 is 0.754 bits per heavy atom. The summed E-state index contributed by atoms with van der Waals surface area (Å²) in [4.78, 5) is 44.4. The van der Waals surface area contributed by atoms with E-state index in [1.165, 1.54) is 193 Å². The van der Waals surface area contributed by atoms with Crippen molar-refractivity contribution in [1.82, 2.24) is 9.80 Å². The van der Waals surface area contributed by atoms with Gasteiger partial charge in [0.2, 0.25) is 5.91 Å². The molecule has 6 heteroatoms. The second-order valence-corrected chi connectivity index (χ2v) is 21.0. The van der Waals surface area contributed by atoms with Crippen molar-refractivity contribution in [3.8, 4) is 0 Å². The average Bonchev–Trinajstić information content (AvgIpc) is 3.28. The summed E-state index contributed by atoms with van der Waals surface area (Å²) in [5.74, 6) is 1.52. The molecule has 0 aliphatic rings. The van der Waals surface area contributed by atoms with Gasteiger partial charge < -0.3 is 14.5 Å². The Morgan fingerprint density at radius 3 is 1.22 bits per heavy atom. The number of ketones is 1. The number of Topliss-reactive ketones (excluding diaryl/α,β-unsaturated/α-hetero) is 1. The Kier molecular flexibility index (Phi) is 47.9. The van der Waals surface area contributed by atoms with Gasteiger partial charge in [-0.1, -0.05) is 227 Å². The molecule has 0 aliphatic heterocycles. The first kappa shape index (κ1) is 63.6. The molecule has 1 atom stereocenters. The summed E-state index contributed by atoms with van der Waals surface area (Å²) < 4.78 is 6.04. The SMILES string of the molecule is CCCCCCCC(=O)N(CCCN(C)C)C(CCCCCCCCC(=O)CC(CCCCCC)CCCCCC)CCCCCCCCC(=O)OC(CCCCCC)CCCCCC. The summed E-state index contributed by atoms with van der Waals surface area (Å²) in [5.41, 5.74) is 0. The molecule has 65 heavy (non-hydrogen) atoms. The molecular weight excluding hydrogens is 801 g/mol. The van der Waals surface area contributed by atoms with Crippen molar-refractivity contribution in [2.75, 3.05) is 27.2 Å².